The Morgan fingerprint density at radius 2 is 2.28 bits per heavy atom. The van der Waals surface area contributed by atoms with Crippen LogP contribution in [0.25, 0.3) is 0 Å². The number of anilines is 1. The summed E-state index contributed by atoms with van der Waals surface area (Å²) >= 11 is 0. The Bertz CT molecular complexity index is 394. The lowest BCUT2D eigenvalue weighted by molar-refractivity contribution is -0.121. The summed E-state index contributed by atoms with van der Waals surface area (Å²) in [6, 6.07) is 7.97. The van der Waals surface area contributed by atoms with Gasteiger partial charge in [-0.15, -0.1) is 0 Å². The van der Waals surface area contributed by atoms with Gasteiger partial charge in [0.1, 0.15) is 6.04 Å². The van der Waals surface area contributed by atoms with Gasteiger partial charge in [-0.05, 0) is 25.2 Å². The highest BCUT2D eigenvalue weighted by Gasteiger charge is 2.25. The lowest BCUT2D eigenvalue weighted by Gasteiger charge is -2.16. The first kappa shape index (κ1) is 12.9. The predicted octanol–water partition coefficient (Wildman–Crippen LogP) is 1.09. The lowest BCUT2D eigenvalue weighted by Crippen LogP contribution is -2.41. The summed E-state index contributed by atoms with van der Waals surface area (Å²) in [5, 5.41) is 6.24. The van der Waals surface area contributed by atoms with Gasteiger partial charge in [-0.2, -0.15) is 0 Å². The van der Waals surface area contributed by atoms with Crippen molar-refractivity contribution in [2.24, 2.45) is 0 Å². The molecule has 98 valence electrons. The van der Waals surface area contributed by atoms with Crippen molar-refractivity contribution in [1.82, 2.24) is 10.2 Å². The molecule has 0 saturated carbocycles. The summed E-state index contributed by atoms with van der Waals surface area (Å²) in [6.45, 7) is 4.71. The lowest BCUT2D eigenvalue weighted by atomic mass is 10.1. The molecule has 1 heterocycles. The van der Waals surface area contributed by atoms with E-state index in [2.05, 4.69) is 35.6 Å². The van der Waals surface area contributed by atoms with Gasteiger partial charge in [0.15, 0.2) is 0 Å². The minimum Gasteiger partial charge on any atom is -0.373 e. The third kappa shape index (κ3) is 3.01. The average Bonchev–Trinajstić information content (AvgIpc) is 2.82. The van der Waals surface area contributed by atoms with Gasteiger partial charge in [0.05, 0.1) is 0 Å². The van der Waals surface area contributed by atoms with E-state index in [0.29, 0.717) is 6.54 Å². The number of nitrogens with zero attached hydrogens (tertiary/aromatic N) is 1. The van der Waals surface area contributed by atoms with Crippen LogP contribution in [0.15, 0.2) is 24.3 Å². The van der Waals surface area contributed by atoms with Crippen LogP contribution in [-0.4, -0.2) is 43.5 Å². The largest absolute Gasteiger partial charge is 0.373 e. The molecular weight excluding hydrogens is 226 g/mol. The van der Waals surface area contributed by atoms with Crippen molar-refractivity contribution < 1.29 is 4.79 Å². The molecule has 18 heavy (non-hydrogen) atoms. The molecule has 1 amide bonds. The van der Waals surface area contributed by atoms with Crippen molar-refractivity contribution >= 4 is 11.6 Å². The maximum absolute atomic E-state index is 12.0. The third-order valence-corrected chi connectivity index (χ3v) is 3.42. The fraction of sp³-hybridized carbons (Fsp3) is 0.500. The second-order valence-electron chi connectivity index (χ2n) is 4.75. The molecule has 0 aromatic heterocycles. The van der Waals surface area contributed by atoms with E-state index in [9.17, 15) is 4.79 Å². The van der Waals surface area contributed by atoms with Crippen LogP contribution in [0.5, 0.6) is 0 Å². The standard InChI is InChI=1S/C14H21N3O/c1-3-17(2)9-8-15-14(18)13-10-11-6-4-5-7-12(11)16-13/h4-7,13,16H,3,8-10H2,1-2H3,(H,15,18)/t13-/m0/s1. The monoisotopic (exact) mass is 247 g/mol. The van der Waals surface area contributed by atoms with Gasteiger partial charge in [-0.1, -0.05) is 25.1 Å². The summed E-state index contributed by atoms with van der Waals surface area (Å²) < 4.78 is 0. The van der Waals surface area contributed by atoms with Crippen LogP contribution in [-0.2, 0) is 11.2 Å². The van der Waals surface area contributed by atoms with E-state index in [1.807, 2.05) is 18.2 Å². The van der Waals surface area contributed by atoms with Crippen LogP contribution < -0.4 is 10.6 Å². The molecule has 2 N–H and O–H groups in total. The van der Waals surface area contributed by atoms with Crippen LogP contribution >= 0.6 is 0 Å². The SMILES string of the molecule is CCN(C)CCNC(=O)[C@@H]1Cc2ccccc2N1. The van der Waals surface area contributed by atoms with Crippen LogP contribution in [0.3, 0.4) is 0 Å². The van der Waals surface area contributed by atoms with E-state index < -0.39 is 0 Å². The topological polar surface area (TPSA) is 44.4 Å². The number of carbonyl (C=O) groups excluding carboxylic acids is 1. The number of hydrogen-bond donors (Lipinski definition) is 2. The van der Waals surface area contributed by atoms with E-state index in [-0.39, 0.29) is 11.9 Å². The molecule has 0 radical (unpaired) electrons. The maximum atomic E-state index is 12.0. The Hall–Kier alpha value is -1.55. The van der Waals surface area contributed by atoms with Gasteiger partial charge in [0, 0.05) is 25.2 Å². The number of nitrogens with one attached hydrogen (secondary N) is 2. The maximum Gasteiger partial charge on any atom is 0.242 e. The summed E-state index contributed by atoms with van der Waals surface area (Å²) in [4.78, 5) is 14.2. The fourth-order valence-electron chi connectivity index (χ4n) is 2.11. The number of carbonyl (C=O) groups is 1. The van der Waals surface area contributed by atoms with Gasteiger partial charge in [-0.3, -0.25) is 4.79 Å². The number of para-hydroxylation sites is 1. The van der Waals surface area contributed by atoms with Crippen LogP contribution in [0, 0.1) is 0 Å². The number of likely N-dealkylation sites (N-methyl/N-ethyl adjacent to an activating group) is 1. The molecule has 0 bridgehead atoms. The number of benzene rings is 1. The van der Waals surface area contributed by atoms with Gasteiger partial charge in [-0.25, -0.2) is 0 Å². The van der Waals surface area contributed by atoms with Crippen LogP contribution in [0.1, 0.15) is 12.5 Å². The Balaban J connectivity index is 1.79. The zero-order chi connectivity index (χ0) is 13.0. The van der Waals surface area contributed by atoms with E-state index >= 15 is 0 Å². The molecule has 4 nitrogen and oxygen atoms in total. The van der Waals surface area contributed by atoms with Crippen molar-refractivity contribution in [2.45, 2.75) is 19.4 Å². The number of amides is 1. The Kier molecular flexibility index (Phi) is 4.20. The molecule has 1 aliphatic rings. The van der Waals surface area contributed by atoms with Crippen molar-refractivity contribution in [3.05, 3.63) is 29.8 Å². The quantitative estimate of drug-likeness (QED) is 0.818. The van der Waals surface area contributed by atoms with Crippen molar-refractivity contribution in [1.29, 1.82) is 0 Å². The summed E-state index contributed by atoms with van der Waals surface area (Å²) in [7, 11) is 2.05. The predicted molar refractivity (Wildman–Crippen MR) is 73.7 cm³/mol. The number of fused-ring (bicyclic) bond motifs is 1. The van der Waals surface area contributed by atoms with Gasteiger partial charge >= 0.3 is 0 Å². The summed E-state index contributed by atoms with van der Waals surface area (Å²) in [5.41, 5.74) is 2.31. The van der Waals surface area contributed by atoms with E-state index in [4.69, 9.17) is 0 Å². The molecule has 0 unspecified atom stereocenters. The molecule has 0 aliphatic carbocycles. The first-order valence-electron chi connectivity index (χ1n) is 6.51. The van der Waals surface area contributed by atoms with Gasteiger partial charge in [0.2, 0.25) is 5.91 Å². The van der Waals surface area contributed by atoms with E-state index in [1.54, 1.807) is 0 Å². The first-order chi connectivity index (χ1) is 8.70. The zero-order valence-corrected chi connectivity index (χ0v) is 11.1. The average molecular weight is 247 g/mol. The molecule has 0 spiro atoms. The summed E-state index contributed by atoms with van der Waals surface area (Å²) in [6.07, 6.45) is 0.783. The van der Waals surface area contributed by atoms with Crippen LogP contribution in [0.4, 0.5) is 5.69 Å². The van der Waals surface area contributed by atoms with Gasteiger partial charge < -0.3 is 15.5 Å². The highest BCUT2D eigenvalue weighted by Crippen LogP contribution is 2.24. The molecular formula is C14H21N3O. The second kappa shape index (κ2) is 5.87. The molecule has 2 rings (SSSR count). The highest BCUT2D eigenvalue weighted by molar-refractivity contribution is 5.87. The van der Waals surface area contributed by atoms with Crippen molar-refractivity contribution in [3.63, 3.8) is 0 Å². The Morgan fingerprint density at radius 1 is 1.50 bits per heavy atom. The number of hydrogen-bond acceptors (Lipinski definition) is 3. The summed E-state index contributed by atoms with van der Waals surface area (Å²) in [5.74, 6) is 0.0932. The molecule has 0 saturated heterocycles. The van der Waals surface area contributed by atoms with Crippen molar-refractivity contribution in [3.8, 4) is 0 Å². The molecule has 1 atom stereocenters. The van der Waals surface area contributed by atoms with E-state index in [1.165, 1.54) is 5.56 Å². The smallest absolute Gasteiger partial charge is 0.242 e. The zero-order valence-electron chi connectivity index (χ0n) is 11.1. The van der Waals surface area contributed by atoms with Crippen LogP contribution in [0.2, 0.25) is 0 Å². The Labute approximate surface area is 108 Å². The molecule has 0 fully saturated rings. The first-order valence-corrected chi connectivity index (χ1v) is 6.51. The fourth-order valence-corrected chi connectivity index (χ4v) is 2.11. The van der Waals surface area contributed by atoms with E-state index in [0.717, 1.165) is 25.2 Å². The number of rotatable bonds is 5. The third-order valence-electron chi connectivity index (χ3n) is 3.42. The molecule has 1 aliphatic heterocycles. The minimum absolute atomic E-state index is 0.0932. The van der Waals surface area contributed by atoms with Crippen molar-refractivity contribution in [2.75, 3.05) is 32.0 Å². The normalized spacial score (nSPS) is 17.4. The second-order valence-corrected chi connectivity index (χ2v) is 4.75. The minimum atomic E-state index is -0.116. The van der Waals surface area contributed by atoms with Gasteiger partial charge in [0.25, 0.3) is 0 Å². The molecule has 1 aromatic carbocycles. The highest BCUT2D eigenvalue weighted by atomic mass is 16.2. The Morgan fingerprint density at radius 3 is 3.00 bits per heavy atom. The molecule has 1 aromatic rings. The molecule has 4 heteroatoms.